The Morgan fingerprint density at radius 1 is 1.21 bits per heavy atom. The third kappa shape index (κ3) is 5.43. The molecule has 1 aliphatic rings. The molecule has 1 aliphatic carbocycles. The minimum Gasteiger partial charge on any atom is -0.390 e. The molecule has 1 N–H and O–H groups in total. The zero-order valence-corrected chi connectivity index (χ0v) is 10.1. The van der Waals surface area contributed by atoms with Gasteiger partial charge in [0, 0.05) is 0 Å². The van der Waals surface area contributed by atoms with E-state index in [4.69, 9.17) is 0 Å². The lowest BCUT2D eigenvalue weighted by atomic mass is 9.77. The van der Waals surface area contributed by atoms with E-state index in [2.05, 4.69) is 19.1 Å². The van der Waals surface area contributed by atoms with Gasteiger partial charge >= 0.3 is 0 Å². The molecule has 0 unspecified atom stereocenters. The minimum absolute atomic E-state index is 0.254. The van der Waals surface area contributed by atoms with Gasteiger partial charge < -0.3 is 5.11 Å². The summed E-state index contributed by atoms with van der Waals surface area (Å²) in [5, 5.41) is 9.75. The SMILES string of the molecule is C/C=C/CCCCC1(O)CCC1.CC. The Balaban J connectivity index is 0.000000791. The van der Waals surface area contributed by atoms with E-state index >= 15 is 0 Å². The van der Waals surface area contributed by atoms with Crippen molar-refractivity contribution in [2.24, 2.45) is 0 Å². The lowest BCUT2D eigenvalue weighted by molar-refractivity contribution is -0.0418. The van der Waals surface area contributed by atoms with E-state index in [9.17, 15) is 5.11 Å². The van der Waals surface area contributed by atoms with E-state index < -0.39 is 0 Å². The molecule has 0 atom stereocenters. The van der Waals surface area contributed by atoms with Gasteiger partial charge in [0.1, 0.15) is 0 Å². The highest BCUT2D eigenvalue weighted by Crippen LogP contribution is 2.35. The summed E-state index contributed by atoms with van der Waals surface area (Å²) >= 11 is 0. The van der Waals surface area contributed by atoms with Gasteiger partial charge in [0.15, 0.2) is 0 Å². The van der Waals surface area contributed by atoms with Crippen molar-refractivity contribution in [2.75, 3.05) is 0 Å². The van der Waals surface area contributed by atoms with Gasteiger partial charge in [-0.2, -0.15) is 0 Å². The maximum atomic E-state index is 9.75. The van der Waals surface area contributed by atoms with Crippen molar-refractivity contribution in [3.8, 4) is 0 Å². The maximum absolute atomic E-state index is 9.75. The lowest BCUT2D eigenvalue weighted by Crippen LogP contribution is -2.36. The van der Waals surface area contributed by atoms with Crippen LogP contribution in [0.25, 0.3) is 0 Å². The Bertz CT molecular complexity index is 145. The average molecular weight is 198 g/mol. The van der Waals surface area contributed by atoms with Gasteiger partial charge in [0.25, 0.3) is 0 Å². The first-order valence-corrected chi connectivity index (χ1v) is 6.10. The van der Waals surface area contributed by atoms with Crippen LogP contribution in [-0.4, -0.2) is 10.7 Å². The van der Waals surface area contributed by atoms with Crippen LogP contribution in [0.4, 0.5) is 0 Å². The molecule has 1 nitrogen and oxygen atoms in total. The Morgan fingerprint density at radius 2 is 1.86 bits per heavy atom. The number of hydrogen-bond acceptors (Lipinski definition) is 1. The highest BCUT2D eigenvalue weighted by atomic mass is 16.3. The normalized spacial score (nSPS) is 18.6. The van der Waals surface area contributed by atoms with Gasteiger partial charge in [-0.1, -0.05) is 32.4 Å². The molecule has 1 saturated carbocycles. The zero-order chi connectivity index (χ0) is 10.9. The Labute approximate surface area is 89.2 Å². The van der Waals surface area contributed by atoms with E-state index in [1.54, 1.807) is 0 Å². The van der Waals surface area contributed by atoms with Crippen LogP contribution in [0, 0.1) is 0 Å². The molecule has 0 aromatic heterocycles. The van der Waals surface area contributed by atoms with Gasteiger partial charge in [-0.25, -0.2) is 0 Å². The van der Waals surface area contributed by atoms with Crippen molar-refractivity contribution < 1.29 is 5.11 Å². The molecular formula is C13H26O. The molecule has 84 valence electrons. The van der Waals surface area contributed by atoms with Crippen LogP contribution in [-0.2, 0) is 0 Å². The standard InChI is InChI=1S/C11H20O.C2H6/c1-2-3-4-5-6-8-11(12)9-7-10-11;1-2/h2-3,12H,4-10H2,1H3;1-2H3/b3-2+;. The fourth-order valence-electron chi connectivity index (χ4n) is 1.72. The summed E-state index contributed by atoms with van der Waals surface area (Å²) in [6.45, 7) is 6.06. The number of unbranched alkanes of at least 4 members (excludes halogenated alkanes) is 2. The van der Waals surface area contributed by atoms with Gasteiger partial charge in [0.05, 0.1) is 5.60 Å². The molecule has 0 radical (unpaired) electrons. The van der Waals surface area contributed by atoms with Crippen LogP contribution in [0.3, 0.4) is 0 Å². The molecule has 1 heteroatoms. The minimum atomic E-state index is -0.254. The van der Waals surface area contributed by atoms with E-state index in [0.717, 1.165) is 19.3 Å². The highest BCUT2D eigenvalue weighted by molar-refractivity contribution is 4.87. The van der Waals surface area contributed by atoms with E-state index in [0.29, 0.717) is 0 Å². The second-order valence-electron chi connectivity index (χ2n) is 3.89. The van der Waals surface area contributed by atoms with E-state index in [1.807, 2.05) is 13.8 Å². The molecule has 1 rings (SSSR count). The zero-order valence-electron chi connectivity index (χ0n) is 10.1. The molecule has 0 bridgehead atoms. The monoisotopic (exact) mass is 198 g/mol. The smallest absolute Gasteiger partial charge is 0.0647 e. The summed E-state index contributed by atoms with van der Waals surface area (Å²) in [7, 11) is 0. The molecule has 0 saturated heterocycles. The summed E-state index contributed by atoms with van der Waals surface area (Å²) < 4.78 is 0. The fourth-order valence-corrected chi connectivity index (χ4v) is 1.72. The van der Waals surface area contributed by atoms with Gasteiger partial charge in [0.2, 0.25) is 0 Å². The predicted molar refractivity (Wildman–Crippen MR) is 63.4 cm³/mol. The van der Waals surface area contributed by atoms with Crippen LogP contribution < -0.4 is 0 Å². The molecule has 0 aromatic carbocycles. The topological polar surface area (TPSA) is 20.2 Å². The molecule has 1 fully saturated rings. The Hall–Kier alpha value is -0.300. The van der Waals surface area contributed by atoms with Gasteiger partial charge in [-0.05, 0) is 45.4 Å². The van der Waals surface area contributed by atoms with Crippen LogP contribution in [0.15, 0.2) is 12.2 Å². The summed E-state index contributed by atoms with van der Waals surface area (Å²) in [5.41, 5.74) is -0.254. The second kappa shape index (κ2) is 8.05. The Kier molecular flexibility index (Phi) is 7.87. The summed E-state index contributed by atoms with van der Waals surface area (Å²) in [4.78, 5) is 0. The predicted octanol–water partition coefficient (Wildman–Crippen LogP) is 4.06. The Morgan fingerprint density at radius 3 is 2.29 bits per heavy atom. The second-order valence-corrected chi connectivity index (χ2v) is 3.89. The van der Waals surface area contributed by atoms with Crippen molar-refractivity contribution in [1.29, 1.82) is 0 Å². The quantitative estimate of drug-likeness (QED) is 0.521. The van der Waals surface area contributed by atoms with Crippen molar-refractivity contribution in [3.05, 3.63) is 12.2 Å². The van der Waals surface area contributed by atoms with Crippen LogP contribution in [0.1, 0.15) is 65.7 Å². The number of rotatable bonds is 5. The first-order chi connectivity index (χ1) is 6.77. The van der Waals surface area contributed by atoms with Crippen molar-refractivity contribution in [1.82, 2.24) is 0 Å². The molecule has 0 amide bonds. The number of allylic oxidation sites excluding steroid dienone is 2. The van der Waals surface area contributed by atoms with Crippen molar-refractivity contribution in [3.63, 3.8) is 0 Å². The first kappa shape index (κ1) is 13.7. The van der Waals surface area contributed by atoms with Crippen LogP contribution in [0.5, 0.6) is 0 Å². The maximum Gasteiger partial charge on any atom is 0.0647 e. The highest BCUT2D eigenvalue weighted by Gasteiger charge is 2.33. The molecule has 0 heterocycles. The third-order valence-electron chi connectivity index (χ3n) is 2.78. The molecule has 0 aliphatic heterocycles. The lowest BCUT2D eigenvalue weighted by Gasteiger charge is -2.36. The molecule has 0 spiro atoms. The van der Waals surface area contributed by atoms with Crippen molar-refractivity contribution >= 4 is 0 Å². The first-order valence-electron chi connectivity index (χ1n) is 6.10. The molecule has 0 aromatic rings. The van der Waals surface area contributed by atoms with Crippen molar-refractivity contribution in [2.45, 2.75) is 71.3 Å². The van der Waals surface area contributed by atoms with E-state index in [1.165, 1.54) is 25.7 Å². The summed E-state index contributed by atoms with van der Waals surface area (Å²) in [5.74, 6) is 0. The number of aliphatic hydroxyl groups is 1. The van der Waals surface area contributed by atoms with Crippen LogP contribution in [0.2, 0.25) is 0 Å². The average Bonchev–Trinajstić information content (AvgIpc) is 2.18. The van der Waals surface area contributed by atoms with Gasteiger partial charge in [-0.15, -0.1) is 0 Å². The number of hydrogen-bond donors (Lipinski definition) is 1. The van der Waals surface area contributed by atoms with Gasteiger partial charge in [-0.3, -0.25) is 0 Å². The molecular weight excluding hydrogens is 172 g/mol. The summed E-state index contributed by atoms with van der Waals surface area (Å²) in [6, 6.07) is 0. The van der Waals surface area contributed by atoms with E-state index in [-0.39, 0.29) is 5.60 Å². The third-order valence-corrected chi connectivity index (χ3v) is 2.78. The molecule has 14 heavy (non-hydrogen) atoms. The fraction of sp³-hybridized carbons (Fsp3) is 0.846. The van der Waals surface area contributed by atoms with Crippen LogP contribution >= 0.6 is 0 Å². The summed E-state index contributed by atoms with van der Waals surface area (Å²) in [6.07, 6.45) is 12.2. The largest absolute Gasteiger partial charge is 0.390 e.